The van der Waals surface area contributed by atoms with Gasteiger partial charge in [-0.1, -0.05) is 18.2 Å². The Morgan fingerprint density at radius 2 is 1.79 bits per heavy atom. The largest absolute Gasteiger partial charge is 0.497 e. The van der Waals surface area contributed by atoms with Crippen LogP contribution in [0, 0.1) is 11.3 Å². The average molecular weight is 401 g/mol. The number of hydrogen-bond acceptors (Lipinski definition) is 8. The Hall–Kier alpha value is -2.51. The molecule has 154 valence electrons. The smallest absolute Gasteiger partial charge is 0.222 e. The third-order valence-corrected chi connectivity index (χ3v) is 5.16. The number of aliphatic hydroxyl groups is 5. The van der Waals surface area contributed by atoms with Gasteiger partial charge in [-0.2, -0.15) is 5.26 Å². The quantitative estimate of drug-likeness (QED) is 0.463. The van der Waals surface area contributed by atoms with Gasteiger partial charge in [0, 0.05) is 5.56 Å². The number of nitriles is 1. The van der Waals surface area contributed by atoms with Crippen LogP contribution in [0.2, 0.25) is 0 Å². The summed E-state index contributed by atoms with van der Waals surface area (Å²) in [6.07, 6.45) is -6.08. The zero-order chi connectivity index (χ0) is 21.2. The van der Waals surface area contributed by atoms with Crippen LogP contribution in [-0.4, -0.2) is 63.7 Å². The van der Waals surface area contributed by atoms with Gasteiger partial charge >= 0.3 is 0 Å². The molecular weight excluding hydrogens is 378 g/mol. The summed E-state index contributed by atoms with van der Waals surface area (Å²) >= 11 is 0. The number of nitrogens with zero attached hydrogens (tertiary/aromatic N) is 1. The molecule has 1 aliphatic heterocycles. The van der Waals surface area contributed by atoms with Crippen molar-refractivity contribution in [1.82, 2.24) is 0 Å². The van der Waals surface area contributed by atoms with Crippen molar-refractivity contribution in [2.45, 2.75) is 36.6 Å². The number of rotatable bonds is 5. The first-order valence-corrected chi connectivity index (χ1v) is 9.05. The van der Waals surface area contributed by atoms with E-state index >= 15 is 0 Å². The molecule has 3 rings (SSSR count). The first-order chi connectivity index (χ1) is 13.8. The normalized spacial score (nSPS) is 29.3. The average Bonchev–Trinajstić information content (AvgIpc) is 2.75. The molecule has 1 fully saturated rings. The lowest BCUT2D eigenvalue weighted by atomic mass is 9.86. The highest BCUT2D eigenvalue weighted by molar-refractivity contribution is 5.45. The fourth-order valence-electron chi connectivity index (χ4n) is 3.43. The van der Waals surface area contributed by atoms with Gasteiger partial charge in [-0.25, -0.2) is 0 Å². The molecule has 0 saturated carbocycles. The highest BCUT2D eigenvalue weighted by atomic mass is 16.7. The van der Waals surface area contributed by atoms with Crippen LogP contribution >= 0.6 is 0 Å². The molecule has 29 heavy (non-hydrogen) atoms. The maximum Gasteiger partial charge on any atom is 0.222 e. The molecule has 2 aromatic carbocycles. The Kier molecular flexibility index (Phi) is 6.19. The van der Waals surface area contributed by atoms with Crippen LogP contribution in [0.25, 0.3) is 0 Å². The topological polar surface area (TPSA) is 143 Å². The number of aliphatic hydroxyl groups excluding tert-OH is 4. The molecule has 5 N–H and O–H groups in total. The van der Waals surface area contributed by atoms with Crippen LogP contribution in [0.5, 0.6) is 5.75 Å². The predicted octanol–water partition coefficient (Wildman–Crippen LogP) is -0.223. The van der Waals surface area contributed by atoms with Crippen molar-refractivity contribution >= 4 is 0 Å². The molecule has 2 aromatic rings. The molecule has 8 nitrogen and oxygen atoms in total. The monoisotopic (exact) mass is 401 g/mol. The maximum atomic E-state index is 11.0. The third kappa shape index (κ3) is 3.97. The molecule has 5 atom stereocenters. The lowest BCUT2D eigenvalue weighted by molar-refractivity contribution is -0.357. The Bertz CT molecular complexity index is 893. The van der Waals surface area contributed by atoms with Crippen molar-refractivity contribution < 1.29 is 35.0 Å². The first-order valence-electron chi connectivity index (χ1n) is 9.05. The summed E-state index contributed by atoms with van der Waals surface area (Å²) in [5, 5.41) is 60.1. The highest BCUT2D eigenvalue weighted by Gasteiger charge is 2.53. The molecule has 0 spiro atoms. The van der Waals surface area contributed by atoms with Gasteiger partial charge in [-0.3, -0.25) is 0 Å². The predicted molar refractivity (Wildman–Crippen MR) is 101 cm³/mol. The van der Waals surface area contributed by atoms with Gasteiger partial charge < -0.3 is 35.0 Å². The van der Waals surface area contributed by atoms with Crippen LogP contribution in [0.3, 0.4) is 0 Å². The van der Waals surface area contributed by atoms with E-state index in [1.54, 1.807) is 19.2 Å². The van der Waals surface area contributed by atoms with Gasteiger partial charge in [0.15, 0.2) is 0 Å². The van der Waals surface area contributed by atoms with E-state index in [0.717, 1.165) is 5.56 Å². The van der Waals surface area contributed by atoms with E-state index in [2.05, 4.69) is 6.07 Å². The summed E-state index contributed by atoms with van der Waals surface area (Å²) < 4.78 is 10.5. The van der Waals surface area contributed by atoms with Crippen molar-refractivity contribution in [1.29, 1.82) is 5.26 Å². The summed E-state index contributed by atoms with van der Waals surface area (Å²) in [6, 6.07) is 13.7. The van der Waals surface area contributed by atoms with Crippen LogP contribution in [0.1, 0.15) is 22.3 Å². The van der Waals surface area contributed by atoms with E-state index in [4.69, 9.17) is 9.47 Å². The maximum absolute atomic E-state index is 11.0. The molecule has 1 heterocycles. The van der Waals surface area contributed by atoms with Gasteiger partial charge in [0.2, 0.25) is 5.79 Å². The molecular formula is C21H23NO7. The van der Waals surface area contributed by atoms with Gasteiger partial charge in [0.25, 0.3) is 0 Å². The molecule has 8 heteroatoms. The summed E-state index contributed by atoms with van der Waals surface area (Å²) in [6.45, 7) is -0.664. The second-order valence-corrected chi connectivity index (χ2v) is 6.97. The standard InChI is InChI=1S/C21H23NO7/c1-28-16-6-2-12(3-7-16)8-14-9-15(5-4-13(14)10-22)21(27)20(26)19(25)18(24)17(11-23)29-21/h2-7,9,17-20,23-27H,8,11H2,1H3/t17-,18-,19+,20-,21+/m1/s1. The first kappa shape index (κ1) is 21.2. The molecule has 1 aliphatic rings. The van der Waals surface area contributed by atoms with E-state index in [0.29, 0.717) is 23.3 Å². The van der Waals surface area contributed by atoms with Gasteiger partial charge in [-0.15, -0.1) is 0 Å². The molecule has 0 bridgehead atoms. The molecule has 0 aliphatic carbocycles. The van der Waals surface area contributed by atoms with Crippen LogP contribution in [-0.2, 0) is 16.9 Å². The highest BCUT2D eigenvalue weighted by Crippen LogP contribution is 2.37. The summed E-state index contributed by atoms with van der Waals surface area (Å²) in [7, 11) is 1.56. The van der Waals surface area contributed by atoms with E-state index in [9.17, 15) is 30.8 Å². The van der Waals surface area contributed by atoms with Gasteiger partial charge in [-0.05, 0) is 41.8 Å². The number of hydrogen-bond donors (Lipinski definition) is 5. The zero-order valence-electron chi connectivity index (χ0n) is 15.8. The van der Waals surface area contributed by atoms with Crippen LogP contribution in [0.4, 0.5) is 0 Å². The van der Waals surface area contributed by atoms with Gasteiger partial charge in [0.1, 0.15) is 30.2 Å². The summed E-state index contributed by atoms with van der Waals surface area (Å²) in [5.74, 6) is -1.67. The summed E-state index contributed by atoms with van der Waals surface area (Å²) in [4.78, 5) is 0. The molecule has 0 amide bonds. The minimum Gasteiger partial charge on any atom is -0.497 e. The second-order valence-electron chi connectivity index (χ2n) is 6.97. The van der Waals surface area contributed by atoms with Crippen molar-refractivity contribution in [2.24, 2.45) is 0 Å². The Morgan fingerprint density at radius 1 is 1.10 bits per heavy atom. The minimum absolute atomic E-state index is 0.0944. The van der Waals surface area contributed by atoms with E-state index in [1.807, 2.05) is 12.1 Å². The zero-order valence-corrected chi connectivity index (χ0v) is 15.8. The van der Waals surface area contributed by atoms with E-state index in [1.165, 1.54) is 18.2 Å². The number of methoxy groups -OCH3 is 1. The fraction of sp³-hybridized carbons (Fsp3) is 0.381. The van der Waals surface area contributed by atoms with Crippen molar-refractivity contribution in [3.63, 3.8) is 0 Å². The van der Waals surface area contributed by atoms with Crippen molar-refractivity contribution in [3.05, 3.63) is 64.7 Å². The van der Waals surface area contributed by atoms with Crippen molar-refractivity contribution in [2.75, 3.05) is 13.7 Å². The fourth-order valence-corrected chi connectivity index (χ4v) is 3.43. The number of benzene rings is 2. The Labute approximate surface area is 167 Å². The minimum atomic E-state index is -2.37. The Morgan fingerprint density at radius 3 is 2.38 bits per heavy atom. The van der Waals surface area contributed by atoms with E-state index in [-0.39, 0.29) is 5.56 Å². The lowest BCUT2D eigenvalue weighted by Crippen LogP contribution is -2.63. The van der Waals surface area contributed by atoms with Crippen LogP contribution in [0.15, 0.2) is 42.5 Å². The second kappa shape index (κ2) is 8.47. The van der Waals surface area contributed by atoms with E-state index < -0.39 is 36.8 Å². The molecule has 0 radical (unpaired) electrons. The molecule has 1 saturated heterocycles. The van der Waals surface area contributed by atoms with Crippen LogP contribution < -0.4 is 4.74 Å². The lowest BCUT2D eigenvalue weighted by Gasteiger charge is -2.45. The Balaban J connectivity index is 1.97. The third-order valence-electron chi connectivity index (χ3n) is 5.16. The molecule has 0 aromatic heterocycles. The SMILES string of the molecule is COc1ccc(Cc2cc([C@]3(O)O[C@H](CO)[C@@H](O)[C@H](O)[C@H]3O)ccc2C#N)cc1. The summed E-state index contributed by atoms with van der Waals surface area (Å²) in [5.41, 5.74) is 1.93. The van der Waals surface area contributed by atoms with Crippen molar-refractivity contribution in [3.8, 4) is 11.8 Å². The van der Waals surface area contributed by atoms with Gasteiger partial charge in [0.05, 0.1) is 25.3 Å². The number of ether oxygens (including phenoxy) is 2. The molecule has 0 unspecified atom stereocenters.